The number of hydrogen-bond donors (Lipinski definition) is 3. The van der Waals surface area contributed by atoms with Crippen molar-refractivity contribution in [1.82, 2.24) is 20.3 Å². The number of hydrogen-bond acceptors (Lipinski definition) is 5. The first-order chi connectivity index (χ1) is 21.2. The molecule has 8 heteroatoms. The standard InChI is InChI=1S/C26H26FN3O2.C12H20N2/c1-25(2,3)22-11-10-15(14-28-22)26(4,5)30-24(32)17-13-21-18(12-19(17)27)23(31)16-8-6-7-9-20(16)29-21;1-11(2,3)10-7-6-9(8-14-10)12(4,5)13/h6-14H,1-5H3,(H,29,31)(H,30,32);6-8H,13H2,1-5H3. The number of nitrogens with two attached hydrogens (primary N) is 1. The second-order valence-electron chi connectivity index (χ2n) is 15.0. The summed E-state index contributed by atoms with van der Waals surface area (Å²) in [6, 6.07) is 17.5. The summed E-state index contributed by atoms with van der Waals surface area (Å²) in [5.41, 5.74) is 9.49. The van der Waals surface area contributed by atoms with E-state index in [4.69, 9.17) is 5.73 Å². The van der Waals surface area contributed by atoms with Gasteiger partial charge in [0.2, 0.25) is 0 Å². The number of pyridine rings is 3. The number of H-pyrrole nitrogens is 1. The molecule has 0 saturated heterocycles. The van der Waals surface area contributed by atoms with Gasteiger partial charge in [0.25, 0.3) is 5.91 Å². The van der Waals surface area contributed by atoms with E-state index in [0.29, 0.717) is 16.4 Å². The molecule has 3 aromatic heterocycles. The van der Waals surface area contributed by atoms with Crippen LogP contribution in [0.15, 0.2) is 77.9 Å². The zero-order valence-corrected chi connectivity index (χ0v) is 28.6. The Bertz CT molecular complexity index is 1890. The summed E-state index contributed by atoms with van der Waals surface area (Å²) >= 11 is 0. The number of nitrogens with one attached hydrogen (secondary N) is 2. The lowest BCUT2D eigenvalue weighted by Crippen LogP contribution is -2.41. The third-order valence-corrected chi connectivity index (χ3v) is 7.99. The first-order valence-electron chi connectivity index (χ1n) is 15.5. The van der Waals surface area contributed by atoms with E-state index in [2.05, 4.69) is 73.9 Å². The zero-order valence-electron chi connectivity index (χ0n) is 28.6. The number of aromatic amines is 1. The third kappa shape index (κ3) is 7.68. The SMILES string of the molecule is CC(C)(C)c1ccc(C(C)(C)N)cn1.CC(C)(C)c1ccc(C(C)(C)NC(=O)c2cc3[nH]c4ccccc4c(=O)c3cc2F)cn1. The lowest BCUT2D eigenvalue weighted by Gasteiger charge is -2.28. The van der Waals surface area contributed by atoms with E-state index < -0.39 is 17.3 Å². The van der Waals surface area contributed by atoms with Gasteiger partial charge in [-0.1, -0.05) is 65.8 Å². The van der Waals surface area contributed by atoms with E-state index >= 15 is 0 Å². The minimum atomic E-state index is -0.779. The topological polar surface area (TPSA) is 114 Å². The Morgan fingerprint density at radius 2 is 1.28 bits per heavy atom. The van der Waals surface area contributed by atoms with Crippen LogP contribution < -0.4 is 16.5 Å². The van der Waals surface area contributed by atoms with Gasteiger partial charge in [0.1, 0.15) is 5.82 Å². The van der Waals surface area contributed by atoms with Gasteiger partial charge in [-0.2, -0.15) is 0 Å². The smallest absolute Gasteiger partial charge is 0.255 e. The van der Waals surface area contributed by atoms with Crippen molar-refractivity contribution >= 4 is 27.7 Å². The largest absolute Gasteiger partial charge is 0.354 e. The molecular formula is C38H46FN5O2. The summed E-state index contributed by atoms with van der Waals surface area (Å²) in [6.45, 7) is 20.4. The van der Waals surface area contributed by atoms with Crippen molar-refractivity contribution in [2.24, 2.45) is 5.73 Å². The molecule has 1 amide bonds. The summed E-state index contributed by atoms with van der Waals surface area (Å²) in [5, 5.41) is 3.58. The molecular weight excluding hydrogens is 577 g/mol. The predicted octanol–water partition coefficient (Wildman–Crippen LogP) is 7.75. The van der Waals surface area contributed by atoms with Crippen molar-refractivity contribution in [3.05, 3.63) is 117 Å². The molecule has 3 heterocycles. The molecule has 0 bridgehead atoms. The van der Waals surface area contributed by atoms with Crippen LogP contribution >= 0.6 is 0 Å². The van der Waals surface area contributed by atoms with E-state index in [0.717, 1.165) is 28.6 Å². The van der Waals surface area contributed by atoms with Crippen LogP contribution in [0.1, 0.15) is 102 Å². The summed E-state index contributed by atoms with van der Waals surface area (Å²) < 4.78 is 14.9. The van der Waals surface area contributed by atoms with E-state index in [1.807, 2.05) is 52.1 Å². The van der Waals surface area contributed by atoms with Gasteiger partial charge in [-0.15, -0.1) is 0 Å². The van der Waals surface area contributed by atoms with Gasteiger partial charge in [-0.3, -0.25) is 19.6 Å². The Morgan fingerprint density at radius 3 is 1.78 bits per heavy atom. The van der Waals surface area contributed by atoms with Crippen LogP contribution in [0.4, 0.5) is 4.39 Å². The zero-order chi connectivity index (χ0) is 34.2. The molecule has 4 N–H and O–H groups in total. The number of benzene rings is 2. The predicted molar refractivity (Wildman–Crippen MR) is 186 cm³/mol. The normalized spacial score (nSPS) is 12.5. The van der Waals surface area contributed by atoms with Gasteiger partial charge < -0.3 is 16.0 Å². The van der Waals surface area contributed by atoms with E-state index in [9.17, 15) is 14.0 Å². The van der Waals surface area contributed by atoms with Crippen LogP contribution in [0.2, 0.25) is 0 Å². The highest BCUT2D eigenvalue weighted by molar-refractivity contribution is 6.00. The Kier molecular flexibility index (Phi) is 9.29. The first-order valence-corrected chi connectivity index (χ1v) is 15.5. The number of aromatic nitrogens is 3. The molecule has 0 aliphatic rings. The lowest BCUT2D eigenvalue weighted by atomic mass is 9.89. The first kappa shape index (κ1) is 34.4. The molecule has 2 aromatic carbocycles. The molecule has 0 unspecified atom stereocenters. The third-order valence-electron chi connectivity index (χ3n) is 7.99. The number of carbonyl (C=O) groups is 1. The second-order valence-corrected chi connectivity index (χ2v) is 15.0. The number of halogens is 1. The highest BCUT2D eigenvalue weighted by atomic mass is 19.1. The van der Waals surface area contributed by atoms with Crippen LogP contribution in [0, 0.1) is 5.82 Å². The molecule has 0 aliphatic carbocycles. The van der Waals surface area contributed by atoms with Crippen molar-refractivity contribution in [2.75, 3.05) is 0 Å². The van der Waals surface area contributed by atoms with Crippen LogP contribution in [-0.2, 0) is 21.9 Å². The summed E-state index contributed by atoms with van der Waals surface area (Å²) in [6.07, 6.45) is 3.61. The Morgan fingerprint density at radius 1 is 0.739 bits per heavy atom. The number of nitrogens with zero attached hydrogens (tertiary/aromatic N) is 2. The molecule has 0 radical (unpaired) electrons. The van der Waals surface area contributed by atoms with Crippen molar-refractivity contribution in [2.45, 2.75) is 91.1 Å². The van der Waals surface area contributed by atoms with Gasteiger partial charge in [0.05, 0.1) is 16.6 Å². The Balaban J connectivity index is 0.000000288. The average Bonchev–Trinajstić information content (AvgIpc) is 2.96. The van der Waals surface area contributed by atoms with Gasteiger partial charge in [0, 0.05) is 56.4 Å². The minimum absolute atomic E-state index is 0.0821. The molecule has 242 valence electrons. The van der Waals surface area contributed by atoms with Gasteiger partial charge >= 0.3 is 0 Å². The van der Waals surface area contributed by atoms with Crippen LogP contribution in [0.5, 0.6) is 0 Å². The van der Waals surface area contributed by atoms with E-state index in [1.54, 1.807) is 24.4 Å². The maximum atomic E-state index is 14.9. The average molecular weight is 624 g/mol. The summed E-state index contributed by atoms with van der Waals surface area (Å²) in [4.78, 5) is 37.8. The van der Waals surface area contributed by atoms with Crippen molar-refractivity contribution in [3.63, 3.8) is 0 Å². The van der Waals surface area contributed by atoms with E-state index in [-0.39, 0.29) is 32.7 Å². The highest BCUT2D eigenvalue weighted by Gasteiger charge is 2.27. The number of carbonyl (C=O) groups excluding carboxylic acids is 1. The van der Waals surface area contributed by atoms with Crippen molar-refractivity contribution in [3.8, 4) is 0 Å². The minimum Gasteiger partial charge on any atom is -0.354 e. The van der Waals surface area contributed by atoms with Crippen LogP contribution in [0.25, 0.3) is 21.8 Å². The number of amides is 1. The summed E-state index contributed by atoms with van der Waals surface area (Å²) in [5.74, 6) is -1.31. The monoisotopic (exact) mass is 623 g/mol. The molecule has 0 aliphatic heterocycles. The molecule has 0 atom stereocenters. The fraction of sp³-hybridized carbons (Fsp3) is 0.368. The number of para-hydroxylation sites is 1. The molecule has 7 nitrogen and oxygen atoms in total. The fourth-order valence-electron chi connectivity index (χ4n) is 4.97. The molecule has 5 rings (SSSR count). The molecule has 46 heavy (non-hydrogen) atoms. The van der Waals surface area contributed by atoms with E-state index in [1.165, 1.54) is 6.07 Å². The van der Waals surface area contributed by atoms with Crippen LogP contribution in [-0.4, -0.2) is 20.9 Å². The van der Waals surface area contributed by atoms with Crippen LogP contribution in [0.3, 0.4) is 0 Å². The number of rotatable bonds is 4. The van der Waals surface area contributed by atoms with Gasteiger partial charge in [-0.25, -0.2) is 4.39 Å². The van der Waals surface area contributed by atoms with Gasteiger partial charge in [0.15, 0.2) is 5.43 Å². The quantitative estimate of drug-likeness (QED) is 0.177. The fourth-order valence-corrected chi connectivity index (χ4v) is 4.97. The maximum absolute atomic E-state index is 14.9. The Labute approximate surface area is 270 Å². The summed E-state index contributed by atoms with van der Waals surface area (Å²) in [7, 11) is 0. The molecule has 0 saturated carbocycles. The molecule has 5 aromatic rings. The molecule has 0 spiro atoms. The van der Waals surface area contributed by atoms with Crippen molar-refractivity contribution < 1.29 is 9.18 Å². The Hall–Kier alpha value is -4.43. The maximum Gasteiger partial charge on any atom is 0.255 e. The second kappa shape index (κ2) is 12.4. The lowest BCUT2D eigenvalue weighted by molar-refractivity contribution is 0.0908. The highest BCUT2D eigenvalue weighted by Crippen LogP contribution is 2.26. The molecule has 0 fully saturated rings. The number of fused-ring (bicyclic) bond motifs is 2. The van der Waals surface area contributed by atoms with Gasteiger partial charge in [-0.05, 0) is 75.2 Å². The van der Waals surface area contributed by atoms with Crippen molar-refractivity contribution in [1.29, 1.82) is 0 Å².